The summed E-state index contributed by atoms with van der Waals surface area (Å²) in [7, 11) is -9.62. The third-order valence-electron chi connectivity index (χ3n) is 3.56. The van der Waals surface area contributed by atoms with Crippen LogP contribution < -0.4 is 0 Å². The summed E-state index contributed by atoms with van der Waals surface area (Å²) in [6.07, 6.45) is 5.93. The monoisotopic (exact) mass is 384 g/mol. The van der Waals surface area contributed by atoms with Crippen LogP contribution in [0.3, 0.4) is 0 Å². The number of methoxy groups -OCH3 is 1. The lowest BCUT2D eigenvalue weighted by molar-refractivity contribution is -0.140. The molecule has 2 nitrogen and oxygen atoms in total. The van der Waals surface area contributed by atoms with Crippen molar-refractivity contribution in [1.29, 1.82) is 0 Å². The van der Waals surface area contributed by atoms with Crippen molar-refractivity contribution in [3.8, 4) is 0 Å². The van der Waals surface area contributed by atoms with Crippen molar-refractivity contribution in [1.82, 2.24) is 0 Å². The number of allylic oxidation sites excluding steroid dienone is 2. The van der Waals surface area contributed by atoms with E-state index in [0.29, 0.717) is 13.5 Å². The summed E-state index contributed by atoms with van der Waals surface area (Å²) in [5.41, 5.74) is 0. The van der Waals surface area contributed by atoms with Gasteiger partial charge in [0.1, 0.15) is 0 Å². The van der Waals surface area contributed by atoms with Gasteiger partial charge in [0.05, 0.1) is 12.9 Å². The molecule has 0 radical (unpaired) electrons. The summed E-state index contributed by atoms with van der Waals surface area (Å²) in [5, 5.41) is -3.75. The fourth-order valence-corrected chi connectivity index (χ4v) is 3.11. The predicted molar refractivity (Wildman–Crippen MR) is 85.4 cm³/mol. The van der Waals surface area contributed by atoms with E-state index in [2.05, 4.69) is 11.7 Å². The van der Waals surface area contributed by atoms with E-state index in [1.165, 1.54) is 0 Å². The standard InChI is InChI=1S/C15H26F6O2S/c1-3-4-5-6-7-8-9-10-11-13(16)12-14(15(22)23-2)24(17,18,19,20)21/h11,14H,3-10,12H2,1-2H3/b13-11-. The third kappa shape index (κ3) is 10.1. The molecule has 0 aromatic heterocycles. The quantitative estimate of drug-likeness (QED) is 0.202. The second kappa shape index (κ2) is 8.49. The molecule has 0 fully saturated rings. The molecule has 0 aliphatic heterocycles. The Morgan fingerprint density at radius 1 is 1.00 bits per heavy atom. The van der Waals surface area contributed by atoms with Gasteiger partial charge in [0, 0.05) is 6.42 Å². The van der Waals surface area contributed by atoms with Crippen molar-refractivity contribution in [3.05, 3.63) is 11.9 Å². The zero-order chi connectivity index (χ0) is 18.9. The fourth-order valence-electron chi connectivity index (χ4n) is 2.17. The topological polar surface area (TPSA) is 26.3 Å². The van der Waals surface area contributed by atoms with Crippen molar-refractivity contribution in [2.24, 2.45) is 0 Å². The lowest BCUT2D eigenvalue weighted by atomic mass is 10.1. The van der Waals surface area contributed by atoms with Gasteiger partial charge in [-0.2, -0.15) is 0 Å². The Kier molecular flexibility index (Phi) is 8.18. The highest BCUT2D eigenvalue weighted by molar-refractivity contribution is 8.46. The van der Waals surface area contributed by atoms with Gasteiger partial charge in [0.25, 0.3) is 10.2 Å². The summed E-state index contributed by atoms with van der Waals surface area (Å²) in [6.45, 7) is 2.08. The first-order valence-corrected chi connectivity index (χ1v) is 9.98. The van der Waals surface area contributed by atoms with Crippen LogP contribution in [0.2, 0.25) is 0 Å². The predicted octanol–water partition coefficient (Wildman–Crippen LogP) is 7.21. The van der Waals surface area contributed by atoms with E-state index in [1.807, 2.05) is 0 Å². The largest absolute Gasteiger partial charge is 0.468 e. The zero-order valence-electron chi connectivity index (χ0n) is 14.0. The highest BCUT2D eigenvalue weighted by atomic mass is 32.5. The molecule has 0 aromatic rings. The van der Waals surface area contributed by atoms with Crippen LogP contribution >= 0.6 is 10.2 Å². The Balaban J connectivity index is 4.49. The number of hydrogen-bond donors (Lipinski definition) is 0. The number of unbranched alkanes of at least 4 members (excludes halogenated alkanes) is 7. The molecule has 0 amide bonds. The number of rotatable bonds is 12. The molecule has 0 saturated heterocycles. The minimum Gasteiger partial charge on any atom is -0.468 e. The molecule has 0 aliphatic rings. The average molecular weight is 384 g/mol. The Morgan fingerprint density at radius 2 is 1.50 bits per heavy atom. The molecule has 24 heavy (non-hydrogen) atoms. The molecule has 0 bridgehead atoms. The molecule has 0 aliphatic carbocycles. The smallest absolute Gasteiger partial charge is 0.328 e. The normalized spacial score (nSPS) is 17.1. The molecule has 0 saturated carbocycles. The van der Waals surface area contributed by atoms with Crippen LogP contribution in [0, 0.1) is 0 Å². The second-order valence-electron chi connectivity index (χ2n) is 5.81. The third-order valence-corrected chi connectivity index (χ3v) is 4.99. The molecule has 0 rings (SSSR count). The van der Waals surface area contributed by atoms with Gasteiger partial charge in [0.2, 0.25) is 5.25 Å². The van der Waals surface area contributed by atoms with Gasteiger partial charge < -0.3 is 4.74 Å². The van der Waals surface area contributed by atoms with Gasteiger partial charge in [-0.05, 0) is 12.8 Å². The molecule has 0 N–H and O–H groups in total. The van der Waals surface area contributed by atoms with E-state index in [1.54, 1.807) is 0 Å². The number of esters is 1. The first kappa shape index (κ1) is 23.1. The van der Waals surface area contributed by atoms with Crippen LogP contribution in [-0.4, -0.2) is 18.3 Å². The maximum absolute atomic E-state index is 13.5. The molecule has 146 valence electrons. The fraction of sp³-hybridized carbons (Fsp3) is 0.800. The van der Waals surface area contributed by atoms with E-state index >= 15 is 0 Å². The summed E-state index contributed by atoms with van der Waals surface area (Å²) in [5.74, 6) is -3.54. The molecule has 1 unspecified atom stereocenters. The van der Waals surface area contributed by atoms with Gasteiger partial charge in [0.15, 0.2) is 0 Å². The SMILES string of the molecule is CCCCCCCCC/C=C(\F)CC(C(=O)OC)S(F)(F)(F)(F)F. The molecule has 9 heteroatoms. The molecule has 1 atom stereocenters. The summed E-state index contributed by atoms with van der Waals surface area (Å²) in [6, 6.07) is 0. The highest BCUT2D eigenvalue weighted by Crippen LogP contribution is 3.00. The molecule has 0 heterocycles. The summed E-state index contributed by atoms with van der Waals surface area (Å²) in [4.78, 5) is 11.0. The van der Waals surface area contributed by atoms with E-state index in [4.69, 9.17) is 0 Å². The van der Waals surface area contributed by atoms with Crippen LogP contribution in [-0.2, 0) is 9.53 Å². The van der Waals surface area contributed by atoms with E-state index < -0.39 is 33.7 Å². The van der Waals surface area contributed by atoms with Gasteiger partial charge in [-0.1, -0.05) is 71.0 Å². The lowest BCUT2D eigenvalue weighted by Gasteiger charge is -2.45. The second-order valence-corrected chi connectivity index (χ2v) is 8.43. The van der Waals surface area contributed by atoms with E-state index in [9.17, 15) is 28.6 Å². The number of hydrogen-bond acceptors (Lipinski definition) is 2. The van der Waals surface area contributed by atoms with Crippen molar-refractivity contribution >= 4 is 16.2 Å². The molecular weight excluding hydrogens is 358 g/mol. The Hall–Kier alpha value is -0.860. The number of carbonyl (C=O) groups is 1. The van der Waals surface area contributed by atoms with E-state index in [-0.39, 0.29) is 6.42 Å². The maximum atomic E-state index is 13.5. The van der Waals surface area contributed by atoms with Gasteiger partial charge in [-0.15, -0.1) is 0 Å². The van der Waals surface area contributed by atoms with Gasteiger partial charge >= 0.3 is 5.97 Å². The average Bonchev–Trinajstić information content (AvgIpc) is 2.44. The van der Waals surface area contributed by atoms with Crippen LogP contribution in [0.5, 0.6) is 0 Å². The van der Waals surface area contributed by atoms with Crippen molar-refractivity contribution in [3.63, 3.8) is 0 Å². The molecule has 0 spiro atoms. The lowest BCUT2D eigenvalue weighted by Crippen LogP contribution is -2.34. The summed E-state index contributed by atoms with van der Waals surface area (Å²) < 4.78 is 81.2. The van der Waals surface area contributed by atoms with Crippen LogP contribution in [0.15, 0.2) is 11.9 Å². The van der Waals surface area contributed by atoms with Crippen molar-refractivity contribution < 1.29 is 33.4 Å². The minimum atomic E-state index is -10.2. The van der Waals surface area contributed by atoms with Crippen molar-refractivity contribution in [2.75, 3.05) is 7.11 Å². The first-order valence-electron chi connectivity index (χ1n) is 7.97. The Morgan fingerprint density at radius 3 is 1.96 bits per heavy atom. The van der Waals surface area contributed by atoms with Crippen LogP contribution in [0.4, 0.5) is 23.8 Å². The Labute approximate surface area is 139 Å². The molecule has 0 aromatic carbocycles. The van der Waals surface area contributed by atoms with Gasteiger partial charge in [-0.25, -0.2) is 4.39 Å². The number of ether oxygens (including phenoxy) is 1. The van der Waals surface area contributed by atoms with E-state index in [0.717, 1.165) is 44.6 Å². The number of carbonyl (C=O) groups excluding carboxylic acids is 1. The summed E-state index contributed by atoms with van der Waals surface area (Å²) >= 11 is 0. The van der Waals surface area contributed by atoms with Gasteiger partial charge in [-0.3, -0.25) is 4.79 Å². The highest BCUT2D eigenvalue weighted by Gasteiger charge is 2.73. The van der Waals surface area contributed by atoms with Crippen LogP contribution in [0.25, 0.3) is 0 Å². The maximum Gasteiger partial charge on any atom is 0.328 e. The van der Waals surface area contributed by atoms with Crippen molar-refractivity contribution in [2.45, 2.75) is 70.0 Å². The molecular formula is C15H26F6O2S. The Bertz CT molecular complexity index is 432. The first-order chi connectivity index (χ1) is 10.8. The number of halogens is 6. The van der Waals surface area contributed by atoms with Crippen LogP contribution in [0.1, 0.15) is 64.7 Å². The minimum absolute atomic E-state index is 0.147. The zero-order valence-corrected chi connectivity index (χ0v) is 14.8.